The zero-order valence-corrected chi connectivity index (χ0v) is 15.3. The van der Waals surface area contributed by atoms with Crippen LogP contribution in [0.1, 0.15) is 5.56 Å². The van der Waals surface area contributed by atoms with Crippen molar-refractivity contribution in [1.29, 1.82) is 0 Å². The van der Waals surface area contributed by atoms with Gasteiger partial charge in [-0.05, 0) is 16.3 Å². The van der Waals surface area contributed by atoms with E-state index in [0.717, 1.165) is 9.90 Å². The molecule has 6 nitrogen and oxygen atoms in total. The molecule has 0 aliphatic heterocycles. The largest absolute Gasteiger partial charge is 0.310 e. The summed E-state index contributed by atoms with van der Waals surface area (Å²) in [5.41, 5.74) is 2.81. The smallest absolute Gasteiger partial charge is 0.235 e. The molecule has 2 heterocycles. The summed E-state index contributed by atoms with van der Waals surface area (Å²) >= 11 is 2.79. The molecule has 0 atom stereocenters. The molecule has 2 aromatic heterocycles. The number of thioether (sulfide) groups is 1. The van der Waals surface area contributed by atoms with Crippen molar-refractivity contribution in [2.75, 3.05) is 11.1 Å². The van der Waals surface area contributed by atoms with Crippen LogP contribution in [0.3, 0.4) is 0 Å². The molecule has 8 heteroatoms. The molecule has 1 N–H and O–H groups in total. The van der Waals surface area contributed by atoms with E-state index in [9.17, 15) is 4.79 Å². The van der Waals surface area contributed by atoms with Gasteiger partial charge in [0, 0.05) is 6.07 Å². The van der Waals surface area contributed by atoms with Crippen molar-refractivity contribution >= 4 is 45.6 Å². The molecule has 4 aromatic rings. The molecule has 0 spiro atoms. The number of fused-ring (bicyclic) bond motifs is 1. The highest BCUT2D eigenvalue weighted by Gasteiger charge is 2.10. The molecule has 26 heavy (non-hydrogen) atoms. The van der Waals surface area contributed by atoms with Gasteiger partial charge in [0.1, 0.15) is 11.3 Å². The topological polar surface area (TPSA) is 72.7 Å². The highest BCUT2D eigenvalue weighted by Crippen LogP contribution is 2.21. The highest BCUT2D eigenvalue weighted by atomic mass is 32.2. The van der Waals surface area contributed by atoms with Crippen LogP contribution < -0.4 is 5.32 Å². The molecule has 130 valence electrons. The number of benzene rings is 2. The molecule has 0 saturated heterocycles. The van der Waals surface area contributed by atoms with Gasteiger partial charge in [0.05, 0.1) is 18.5 Å². The molecule has 1 amide bonds. The van der Waals surface area contributed by atoms with Crippen LogP contribution in [-0.4, -0.2) is 31.6 Å². The van der Waals surface area contributed by atoms with Gasteiger partial charge in [-0.15, -0.1) is 10.2 Å². The number of anilines is 1. The Balaban J connectivity index is 1.47. The van der Waals surface area contributed by atoms with Crippen LogP contribution in [0.2, 0.25) is 0 Å². The number of rotatable bonds is 6. The lowest BCUT2D eigenvalue weighted by molar-refractivity contribution is -0.113. The molecular formula is C18H15N5OS2. The summed E-state index contributed by atoms with van der Waals surface area (Å²) in [6.07, 6.45) is 1.69. The van der Waals surface area contributed by atoms with Crippen LogP contribution in [0.4, 0.5) is 5.82 Å². The maximum atomic E-state index is 12.2. The van der Waals surface area contributed by atoms with E-state index >= 15 is 0 Å². The minimum absolute atomic E-state index is 0.0927. The highest BCUT2D eigenvalue weighted by molar-refractivity contribution is 8.01. The Kier molecular flexibility index (Phi) is 4.94. The van der Waals surface area contributed by atoms with E-state index in [1.807, 2.05) is 18.2 Å². The molecule has 0 bridgehead atoms. The number of hydrogen-bond acceptors (Lipinski definition) is 6. The Morgan fingerprint density at radius 3 is 2.92 bits per heavy atom. The third-order valence-corrected chi connectivity index (χ3v) is 5.71. The first-order valence-electron chi connectivity index (χ1n) is 7.97. The predicted molar refractivity (Wildman–Crippen MR) is 105 cm³/mol. The van der Waals surface area contributed by atoms with Gasteiger partial charge in [0.2, 0.25) is 5.91 Å². The van der Waals surface area contributed by atoms with E-state index in [-0.39, 0.29) is 11.7 Å². The van der Waals surface area contributed by atoms with Gasteiger partial charge in [-0.3, -0.25) is 4.79 Å². The number of nitrogens with one attached hydrogen (secondary N) is 1. The second-order valence-corrected chi connectivity index (χ2v) is 7.61. The third-order valence-electron chi connectivity index (χ3n) is 3.85. The van der Waals surface area contributed by atoms with Crippen LogP contribution in [0.15, 0.2) is 64.6 Å². The normalized spacial score (nSPS) is 10.9. The van der Waals surface area contributed by atoms with Gasteiger partial charge >= 0.3 is 0 Å². The summed E-state index contributed by atoms with van der Waals surface area (Å²) in [4.78, 5) is 12.2. The van der Waals surface area contributed by atoms with Crippen molar-refractivity contribution in [2.45, 2.75) is 10.9 Å². The summed E-state index contributed by atoms with van der Waals surface area (Å²) in [5, 5.41) is 17.3. The monoisotopic (exact) mass is 381 g/mol. The zero-order chi connectivity index (χ0) is 17.8. The van der Waals surface area contributed by atoms with Gasteiger partial charge < -0.3 is 5.32 Å². The predicted octanol–water partition coefficient (Wildman–Crippen LogP) is 3.67. The van der Waals surface area contributed by atoms with Crippen LogP contribution in [0, 0.1) is 0 Å². The first kappa shape index (κ1) is 16.7. The Labute approximate surface area is 158 Å². The van der Waals surface area contributed by atoms with Gasteiger partial charge in [-0.25, -0.2) is 4.68 Å². The molecular weight excluding hydrogens is 366 g/mol. The van der Waals surface area contributed by atoms with Crippen LogP contribution >= 0.6 is 23.1 Å². The fraction of sp³-hybridized carbons (Fsp3) is 0.111. The third kappa shape index (κ3) is 3.76. The Bertz CT molecular complexity index is 1020. The summed E-state index contributed by atoms with van der Waals surface area (Å²) in [6.45, 7) is 0.591. The molecule has 0 saturated carbocycles. The van der Waals surface area contributed by atoms with E-state index in [4.69, 9.17) is 0 Å². The minimum Gasteiger partial charge on any atom is -0.310 e. The second-order valence-electron chi connectivity index (χ2n) is 5.55. The van der Waals surface area contributed by atoms with Crippen molar-refractivity contribution in [1.82, 2.24) is 20.0 Å². The molecule has 4 rings (SSSR count). The number of aromatic nitrogens is 4. The molecule has 0 fully saturated rings. The summed E-state index contributed by atoms with van der Waals surface area (Å²) in [7, 11) is 0. The van der Waals surface area contributed by atoms with Gasteiger partial charge in [0.25, 0.3) is 0 Å². The Morgan fingerprint density at radius 1 is 1.15 bits per heavy atom. The van der Waals surface area contributed by atoms with E-state index in [2.05, 4.69) is 44.9 Å². The Hall–Kier alpha value is -2.71. The van der Waals surface area contributed by atoms with Crippen molar-refractivity contribution in [2.24, 2.45) is 0 Å². The Morgan fingerprint density at radius 2 is 2.04 bits per heavy atom. The number of nitrogens with zero attached hydrogens (tertiary/aromatic N) is 4. The van der Waals surface area contributed by atoms with Crippen molar-refractivity contribution < 1.29 is 4.79 Å². The van der Waals surface area contributed by atoms with E-state index in [0.29, 0.717) is 12.4 Å². The second kappa shape index (κ2) is 7.67. The minimum atomic E-state index is -0.0927. The number of carbonyl (C=O) groups is 1. The first-order valence-corrected chi connectivity index (χ1v) is 9.83. The zero-order valence-electron chi connectivity index (χ0n) is 13.7. The van der Waals surface area contributed by atoms with Crippen molar-refractivity contribution in [3.63, 3.8) is 0 Å². The molecule has 0 unspecified atom stereocenters. The van der Waals surface area contributed by atoms with E-state index < -0.39 is 0 Å². The molecule has 0 radical (unpaired) electrons. The van der Waals surface area contributed by atoms with E-state index in [1.54, 1.807) is 22.5 Å². The lowest BCUT2D eigenvalue weighted by Gasteiger charge is -2.11. The quantitative estimate of drug-likeness (QED) is 0.516. The van der Waals surface area contributed by atoms with Crippen LogP contribution in [0.25, 0.3) is 10.8 Å². The molecule has 0 aliphatic carbocycles. The number of carbonyl (C=O) groups excluding carboxylic acids is 1. The maximum absolute atomic E-state index is 12.2. The SMILES string of the molecule is O=C(CSc1nncs1)Nc1ccnn1Cc1cccc2ccccc12. The molecule has 0 aliphatic rings. The fourth-order valence-electron chi connectivity index (χ4n) is 2.69. The summed E-state index contributed by atoms with van der Waals surface area (Å²) < 4.78 is 2.58. The van der Waals surface area contributed by atoms with Gasteiger partial charge in [-0.2, -0.15) is 5.10 Å². The lowest BCUT2D eigenvalue weighted by Crippen LogP contribution is -2.17. The number of amides is 1. The van der Waals surface area contributed by atoms with Crippen molar-refractivity contribution in [3.05, 3.63) is 65.8 Å². The molecule has 2 aromatic carbocycles. The van der Waals surface area contributed by atoms with Crippen LogP contribution in [-0.2, 0) is 11.3 Å². The standard InChI is InChI=1S/C18H15N5OS2/c24-17(11-25-18-22-19-12-26-18)21-16-8-9-20-23(16)10-14-6-3-5-13-4-1-2-7-15(13)14/h1-9,12H,10-11H2,(H,21,24). The van der Waals surface area contributed by atoms with Gasteiger partial charge in [0.15, 0.2) is 4.34 Å². The lowest BCUT2D eigenvalue weighted by atomic mass is 10.0. The summed E-state index contributed by atoms with van der Waals surface area (Å²) in [5.74, 6) is 0.875. The van der Waals surface area contributed by atoms with Crippen molar-refractivity contribution in [3.8, 4) is 0 Å². The maximum Gasteiger partial charge on any atom is 0.235 e. The average molecular weight is 381 g/mol. The average Bonchev–Trinajstić information content (AvgIpc) is 3.33. The number of hydrogen-bond donors (Lipinski definition) is 1. The fourth-order valence-corrected chi connectivity index (χ4v) is 3.98. The van der Waals surface area contributed by atoms with Crippen LogP contribution in [0.5, 0.6) is 0 Å². The van der Waals surface area contributed by atoms with E-state index in [1.165, 1.54) is 33.9 Å². The first-order chi connectivity index (χ1) is 12.8. The summed E-state index contributed by atoms with van der Waals surface area (Å²) in [6, 6.07) is 16.3. The van der Waals surface area contributed by atoms with Gasteiger partial charge in [-0.1, -0.05) is 65.6 Å².